The molecule has 7 aliphatic carbocycles. The highest BCUT2D eigenvalue weighted by molar-refractivity contribution is 5.87. The molecule has 7 saturated carbocycles. The minimum atomic E-state index is -4.34. The maximum atomic E-state index is 12.7. The van der Waals surface area contributed by atoms with Crippen LogP contribution in [0.5, 0.6) is 0 Å². The minimum Gasteiger partial charge on any atom is -0.355 e. The van der Waals surface area contributed by atoms with Crippen LogP contribution in [0, 0.1) is 76.3 Å². The predicted molar refractivity (Wildman–Crippen MR) is 602 cm³/mol. The molecule has 1 spiro atoms. The predicted octanol–water partition coefficient (Wildman–Crippen LogP) is 25.7. The van der Waals surface area contributed by atoms with E-state index in [1.165, 1.54) is 77.0 Å². The van der Waals surface area contributed by atoms with Crippen molar-refractivity contribution in [3.63, 3.8) is 0 Å². The van der Waals surface area contributed by atoms with Gasteiger partial charge in [0.2, 0.25) is 70.9 Å². The summed E-state index contributed by atoms with van der Waals surface area (Å²) in [5, 5.41) is 17.8. The van der Waals surface area contributed by atoms with Gasteiger partial charge in [-0.15, -0.1) is 0 Å². The van der Waals surface area contributed by atoms with Gasteiger partial charge in [0.1, 0.15) is 5.54 Å². The molecule has 6 N–H and O–H groups in total. The number of carbonyl (C=O) groups excluding carboxylic acids is 12. The maximum Gasteiger partial charge on any atom is 0.411 e. The van der Waals surface area contributed by atoms with E-state index in [1.54, 1.807) is 49.6 Å². The molecular formula is C119H231F3N12O12. The Morgan fingerprint density at radius 2 is 0.637 bits per heavy atom. The average Bonchev–Trinajstić information content (AvgIpc) is 0.774. The molecule has 24 nitrogen and oxygen atoms in total. The van der Waals surface area contributed by atoms with Crippen molar-refractivity contribution in [3.8, 4) is 0 Å². The Morgan fingerprint density at radius 3 is 0.808 bits per heavy atom. The van der Waals surface area contributed by atoms with Gasteiger partial charge >= 0.3 is 6.18 Å². The van der Waals surface area contributed by atoms with Crippen LogP contribution in [0.15, 0.2) is 0 Å². The van der Waals surface area contributed by atoms with Gasteiger partial charge in [-0.2, -0.15) is 13.2 Å². The van der Waals surface area contributed by atoms with Gasteiger partial charge < -0.3 is 61.3 Å². The minimum absolute atomic E-state index is 0.00167. The number of carbonyl (C=O) groups is 12. The van der Waals surface area contributed by atoms with E-state index in [1.807, 2.05) is 308 Å². The Labute approximate surface area is 893 Å². The van der Waals surface area contributed by atoms with Crippen molar-refractivity contribution < 1.29 is 70.7 Å². The van der Waals surface area contributed by atoms with Crippen molar-refractivity contribution in [1.82, 2.24) is 61.3 Å². The zero-order valence-corrected chi connectivity index (χ0v) is 105. The van der Waals surface area contributed by atoms with Crippen LogP contribution in [-0.4, -0.2) is 219 Å². The number of nitrogens with one attached hydrogen (secondary N) is 6. The van der Waals surface area contributed by atoms with Gasteiger partial charge in [-0.3, -0.25) is 57.5 Å². The van der Waals surface area contributed by atoms with Gasteiger partial charge in [-0.1, -0.05) is 296 Å². The van der Waals surface area contributed by atoms with Crippen LogP contribution < -0.4 is 31.9 Å². The molecule has 8 aliphatic rings. The molecule has 12 amide bonds. The van der Waals surface area contributed by atoms with Crippen LogP contribution in [0.25, 0.3) is 0 Å². The molecule has 0 aromatic heterocycles. The molecule has 0 unspecified atom stereocenters. The van der Waals surface area contributed by atoms with Gasteiger partial charge in [0, 0.05) is 172 Å². The first-order chi connectivity index (χ1) is 65.0. The second-order valence-corrected chi connectivity index (χ2v) is 57.4. The number of alkyl halides is 3. The van der Waals surface area contributed by atoms with Crippen molar-refractivity contribution in [2.75, 3.05) is 67.5 Å². The van der Waals surface area contributed by atoms with Crippen molar-refractivity contribution in [2.45, 2.75) is 552 Å². The summed E-state index contributed by atoms with van der Waals surface area (Å²) >= 11 is 0. The molecule has 27 heteroatoms. The summed E-state index contributed by atoms with van der Waals surface area (Å²) in [5.41, 5.74) is -4.28. The van der Waals surface area contributed by atoms with Crippen molar-refractivity contribution >= 4 is 70.9 Å². The fourth-order valence-electron chi connectivity index (χ4n) is 16.1. The first-order valence-corrected chi connectivity index (χ1v) is 55.6. The number of halogens is 3. The maximum absolute atomic E-state index is 12.7. The summed E-state index contributed by atoms with van der Waals surface area (Å²) in [6.45, 7) is 104. The summed E-state index contributed by atoms with van der Waals surface area (Å²) in [6.07, 6.45) is 21.5. The van der Waals surface area contributed by atoms with E-state index in [4.69, 9.17) is 0 Å². The largest absolute Gasteiger partial charge is 0.411 e. The summed E-state index contributed by atoms with van der Waals surface area (Å²) in [6, 6.07) is 0.600. The van der Waals surface area contributed by atoms with Gasteiger partial charge in [-0.25, -0.2) is 0 Å². The quantitative estimate of drug-likeness (QED) is 0.0892. The molecule has 8 rings (SSSR count). The fourth-order valence-corrected chi connectivity index (χ4v) is 16.1. The number of hydrogen-bond donors (Lipinski definition) is 6. The van der Waals surface area contributed by atoms with E-state index in [0.717, 1.165) is 97.1 Å². The number of hydrogen-bond acceptors (Lipinski definition) is 12. The Balaban J connectivity index is -0.000000755. The SMILES string of the molecule is CC(C)(C)C(=O)N1CCC12CCC2.CC(C)(C)C(=O)NC1(C(F)(F)F)CCC1.CC(C)C1(NC(=O)C(C)(C)C)CCC1.CC(C)N(C)C(=O)C(C)(C)C.CC1(CNC(=O)C(C)(C)C)CCC1.CC1(NC(=O)C(C)(C)C)CCC1.CC1(NC(=O)C(C)(C)C)CCCC1.CCC1(NC(=O)C(C)(C)C)CCC1.CCN(C(=O)C(C)(C)C)C(C)C.CCN(C)C(=O)C(C)(C)C.CCN(CC)C(=O)C(C)(C)C.CN(C)C(=O)C(C)(C)C. The van der Waals surface area contributed by atoms with Crippen molar-refractivity contribution in [3.05, 3.63) is 0 Å². The van der Waals surface area contributed by atoms with Crippen LogP contribution in [0.3, 0.4) is 0 Å². The van der Waals surface area contributed by atoms with E-state index in [-0.39, 0.29) is 154 Å². The summed E-state index contributed by atoms with van der Waals surface area (Å²) in [7, 11) is 7.22. The third kappa shape index (κ3) is 51.2. The van der Waals surface area contributed by atoms with Gasteiger partial charge in [0.15, 0.2) is 0 Å². The molecule has 0 aromatic carbocycles. The van der Waals surface area contributed by atoms with E-state index < -0.39 is 23.0 Å². The fraction of sp³-hybridized carbons (Fsp3) is 0.899. The summed E-state index contributed by atoms with van der Waals surface area (Å²) in [4.78, 5) is 150. The molecular weight excluding hydrogens is 1850 g/mol. The molecule has 860 valence electrons. The standard InChI is InChI=1S/C12H23NO.C11H19NO.3C11H21NO.C10H16F3NO.C10H19NO.C10H21NO.2C9H19NO.C8H17NO.C7H15NO/c1-9(2)12(7-6-8-12)13-10(14)11(3,4)5;1-10(2,3)9(13)12-8-7-11(12)5-4-6-11;1-10(2,3)9(13)12-8-11(4)6-5-7-11;1-10(2,3)9(13)12-11(4)7-5-6-8-11;1-5-11(7-6-8-11)12-9(13)10(2,3)4;1-8(2,3)7(15)14-9(5-4-6-9)10(11,12)13;1-9(2,3)8(12)11-10(4)6-5-7-10;1-7-11(8(2)3)9(12)10(4,5)6;1-7(2)10(6)8(11)9(3,4)5;1-6-10(7-2)8(11)9(3,4)5;1-6-9(5)7(10)8(2,3)4;1-7(2,3)6(9)8(4)5/h9H,6-8H2,1-5H3,(H,13,14);4-8H2,1-3H3;3*5-8H2,1-4H3,(H,12,13);4-6H2,1-3H3,(H,14,15);5-7H2,1-4H3,(H,11,12);8H,7H2,1-6H3;7H,1-6H3;6-7H2,1-5H3;6H2,1-5H3;1-5H3. The monoisotopic (exact) mass is 2080 g/mol. The zero-order chi connectivity index (χ0) is 117. The first-order valence-electron chi connectivity index (χ1n) is 55.6. The number of amides is 12. The smallest absolute Gasteiger partial charge is 0.355 e. The summed E-state index contributed by atoms with van der Waals surface area (Å²) in [5.74, 6) is 2.29. The number of rotatable bonds is 15. The molecule has 0 atom stereocenters. The number of likely N-dealkylation sites (tertiary alicyclic amines) is 1. The Bertz CT molecular complexity index is 3910. The molecule has 0 radical (unpaired) electrons. The number of nitrogens with zero attached hydrogens (tertiary/aromatic N) is 6. The molecule has 1 heterocycles. The highest BCUT2D eigenvalue weighted by Gasteiger charge is 2.60. The van der Waals surface area contributed by atoms with Crippen molar-refractivity contribution in [2.24, 2.45) is 76.3 Å². The third-order valence-corrected chi connectivity index (χ3v) is 28.9. The molecule has 1 aliphatic heterocycles. The molecule has 146 heavy (non-hydrogen) atoms. The second-order valence-electron chi connectivity index (χ2n) is 57.4. The lowest BCUT2D eigenvalue weighted by Crippen LogP contribution is -2.67. The average molecular weight is 2080 g/mol. The molecule has 1 saturated heterocycles. The first kappa shape index (κ1) is 146. The van der Waals surface area contributed by atoms with Gasteiger partial charge in [0.25, 0.3) is 0 Å². The Kier molecular flexibility index (Phi) is 57.8. The van der Waals surface area contributed by atoms with Gasteiger partial charge in [-0.05, 0) is 215 Å². The Hall–Kier alpha value is -6.57. The summed E-state index contributed by atoms with van der Waals surface area (Å²) < 4.78 is 38.1. The highest BCUT2D eigenvalue weighted by Crippen LogP contribution is 2.50. The van der Waals surface area contributed by atoms with Crippen LogP contribution in [0.1, 0.15) is 500 Å². The van der Waals surface area contributed by atoms with E-state index >= 15 is 0 Å². The van der Waals surface area contributed by atoms with E-state index in [2.05, 4.69) is 78.3 Å². The lowest BCUT2D eigenvalue weighted by atomic mass is 9.67. The van der Waals surface area contributed by atoms with E-state index in [9.17, 15) is 70.7 Å². The Morgan fingerprint density at radius 1 is 0.315 bits per heavy atom. The second kappa shape index (κ2) is 57.9. The topological polar surface area (TPSA) is 296 Å². The molecule has 0 bridgehead atoms. The van der Waals surface area contributed by atoms with Crippen LogP contribution in [0.4, 0.5) is 13.2 Å². The zero-order valence-electron chi connectivity index (χ0n) is 105. The van der Waals surface area contributed by atoms with E-state index in [0.29, 0.717) is 41.3 Å². The normalized spacial score (nSPS) is 17.9. The third-order valence-electron chi connectivity index (χ3n) is 28.9. The lowest BCUT2D eigenvalue weighted by Gasteiger charge is -2.60. The van der Waals surface area contributed by atoms with Crippen LogP contribution >= 0.6 is 0 Å². The molecule has 8 fully saturated rings. The highest BCUT2D eigenvalue weighted by atomic mass is 19.4. The van der Waals surface area contributed by atoms with Crippen LogP contribution in [0.2, 0.25) is 0 Å². The van der Waals surface area contributed by atoms with Gasteiger partial charge in [0.05, 0.1) is 0 Å². The van der Waals surface area contributed by atoms with Crippen LogP contribution in [-0.2, 0) is 57.5 Å². The lowest BCUT2D eigenvalue weighted by molar-refractivity contribution is -0.220. The molecule has 0 aromatic rings. The van der Waals surface area contributed by atoms with Crippen molar-refractivity contribution in [1.29, 1.82) is 0 Å².